The molecule has 7 heteroatoms. The Hall–Kier alpha value is -0.830. The van der Waals surface area contributed by atoms with Gasteiger partial charge < -0.3 is 10.6 Å². The van der Waals surface area contributed by atoms with E-state index in [9.17, 15) is 0 Å². The van der Waals surface area contributed by atoms with Gasteiger partial charge in [0.1, 0.15) is 0 Å². The highest BCUT2D eigenvalue weighted by molar-refractivity contribution is 14.0. The molecule has 0 amide bonds. The molecule has 0 aromatic carbocycles. The average molecular weight is 391 g/mol. The minimum atomic E-state index is 0. The molecule has 0 radical (unpaired) electrons. The van der Waals surface area contributed by atoms with Gasteiger partial charge in [-0.25, -0.2) is 4.98 Å². The van der Waals surface area contributed by atoms with E-state index >= 15 is 0 Å². The first-order chi connectivity index (χ1) is 8.76. The van der Waals surface area contributed by atoms with Crippen LogP contribution < -0.4 is 10.6 Å². The van der Waals surface area contributed by atoms with Gasteiger partial charge in [0.15, 0.2) is 10.9 Å². The lowest BCUT2D eigenvalue weighted by molar-refractivity contribution is 0.758. The van der Waals surface area contributed by atoms with Gasteiger partial charge in [-0.2, -0.15) is 0 Å². The van der Waals surface area contributed by atoms with Crippen molar-refractivity contribution in [2.24, 2.45) is 10.9 Å². The van der Waals surface area contributed by atoms with Crippen LogP contribution in [0.1, 0.15) is 19.0 Å². The Kier molecular flexibility index (Phi) is 4.67. The molecule has 2 heterocycles. The van der Waals surface area contributed by atoms with E-state index < -0.39 is 0 Å². The van der Waals surface area contributed by atoms with Gasteiger partial charge in [0.05, 0.1) is 12.2 Å². The number of hydrogen-bond donors (Lipinski definition) is 2. The van der Waals surface area contributed by atoms with Crippen LogP contribution in [0, 0.1) is 5.92 Å². The molecule has 0 spiro atoms. The third kappa shape index (κ3) is 3.38. The molecule has 0 aliphatic heterocycles. The number of halogens is 1. The van der Waals surface area contributed by atoms with Crippen molar-refractivity contribution in [3.8, 4) is 0 Å². The first kappa shape index (κ1) is 14.6. The standard InChI is InChI=1S/C12H17N5S.HI/c1-8-5-10(8)16-11(13-2)14-6-9-7-17-3-4-18-12(17)15-9;/h3-4,7-8,10H,5-6H2,1-2H3,(H2,13,14,16);1H. The third-order valence-corrected chi connectivity index (χ3v) is 4.01. The van der Waals surface area contributed by atoms with Crippen LogP contribution >= 0.6 is 35.3 Å². The SMILES string of the molecule is CN=C(NCc1cn2ccsc2n1)NC1CC1C.I. The molecule has 1 fully saturated rings. The maximum atomic E-state index is 4.52. The molecule has 2 unspecified atom stereocenters. The fourth-order valence-corrected chi connectivity index (χ4v) is 2.65. The molecule has 5 nitrogen and oxygen atoms in total. The second-order valence-corrected chi connectivity index (χ2v) is 5.59. The Morgan fingerprint density at radius 1 is 1.63 bits per heavy atom. The van der Waals surface area contributed by atoms with E-state index in [1.807, 2.05) is 22.2 Å². The average Bonchev–Trinajstić information content (AvgIpc) is 2.77. The summed E-state index contributed by atoms with van der Waals surface area (Å²) in [7, 11) is 1.80. The predicted molar refractivity (Wildman–Crippen MR) is 89.4 cm³/mol. The zero-order valence-electron chi connectivity index (χ0n) is 11.0. The van der Waals surface area contributed by atoms with Gasteiger partial charge >= 0.3 is 0 Å². The summed E-state index contributed by atoms with van der Waals surface area (Å²) in [6.07, 6.45) is 5.31. The predicted octanol–water partition coefficient (Wildman–Crippen LogP) is 2.09. The van der Waals surface area contributed by atoms with Gasteiger partial charge in [-0.3, -0.25) is 9.39 Å². The van der Waals surface area contributed by atoms with Gasteiger partial charge in [-0.1, -0.05) is 6.92 Å². The fourth-order valence-electron chi connectivity index (χ4n) is 1.93. The molecule has 2 aromatic rings. The monoisotopic (exact) mass is 391 g/mol. The van der Waals surface area contributed by atoms with Crippen LogP contribution in [0.15, 0.2) is 22.8 Å². The highest BCUT2D eigenvalue weighted by Gasteiger charge is 2.33. The zero-order chi connectivity index (χ0) is 12.5. The number of fused-ring (bicyclic) bond motifs is 1. The van der Waals surface area contributed by atoms with Crippen molar-refractivity contribution in [1.82, 2.24) is 20.0 Å². The molecular weight excluding hydrogens is 373 g/mol. The molecule has 0 bridgehead atoms. The normalized spacial score (nSPS) is 22.1. The van der Waals surface area contributed by atoms with Crippen molar-refractivity contribution in [2.45, 2.75) is 25.9 Å². The number of aromatic nitrogens is 2. The summed E-state index contributed by atoms with van der Waals surface area (Å²) < 4.78 is 2.04. The van der Waals surface area contributed by atoms with Gasteiger partial charge in [-0.15, -0.1) is 35.3 Å². The summed E-state index contributed by atoms with van der Waals surface area (Å²) in [6, 6.07) is 0.585. The van der Waals surface area contributed by atoms with Crippen LogP contribution in [0.4, 0.5) is 0 Å². The molecule has 0 saturated heterocycles. The van der Waals surface area contributed by atoms with Crippen LogP contribution in [-0.4, -0.2) is 28.4 Å². The molecule has 3 rings (SSSR count). The summed E-state index contributed by atoms with van der Waals surface area (Å²) in [4.78, 5) is 9.78. The smallest absolute Gasteiger partial charge is 0.193 e. The summed E-state index contributed by atoms with van der Waals surface area (Å²) >= 11 is 1.65. The first-order valence-electron chi connectivity index (χ1n) is 6.14. The highest BCUT2D eigenvalue weighted by Crippen LogP contribution is 2.28. The van der Waals surface area contributed by atoms with Gasteiger partial charge in [0.2, 0.25) is 0 Å². The summed E-state index contributed by atoms with van der Waals surface area (Å²) in [5, 5.41) is 8.73. The third-order valence-electron chi connectivity index (χ3n) is 3.24. The molecule has 2 aromatic heterocycles. The Morgan fingerprint density at radius 2 is 2.42 bits per heavy atom. The zero-order valence-corrected chi connectivity index (χ0v) is 14.1. The lowest BCUT2D eigenvalue weighted by Gasteiger charge is -2.09. The van der Waals surface area contributed by atoms with Crippen LogP contribution in [0.3, 0.4) is 0 Å². The quantitative estimate of drug-likeness (QED) is 0.479. The molecule has 2 N–H and O–H groups in total. The minimum Gasteiger partial charge on any atom is -0.353 e. The van der Waals surface area contributed by atoms with Crippen molar-refractivity contribution in [2.75, 3.05) is 7.05 Å². The van der Waals surface area contributed by atoms with Crippen molar-refractivity contribution >= 4 is 46.2 Å². The molecule has 1 saturated carbocycles. The van der Waals surface area contributed by atoms with Crippen molar-refractivity contribution in [1.29, 1.82) is 0 Å². The number of aliphatic imine (C=N–C) groups is 1. The van der Waals surface area contributed by atoms with Gasteiger partial charge in [0.25, 0.3) is 0 Å². The van der Waals surface area contributed by atoms with E-state index in [0.717, 1.165) is 22.5 Å². The lowest BCUT2D eigenvalue weighted by atomic mass is 10.4. The van der Waals surface area contributed by atoms with Crippen molar-refractivity contribution in [3.63, 3.8) is 0 Å². The van der Waals surface area contributed by atoms with E-state index in [1.165, 1.54) is 6.42 Å². The van der Waals surface area contributed by atoms with Gasteiger partial charge in [0, 0.05) is 30.9 Å². The van der Waals surface area contributed by atoms with E-state index in [4.69, 9.17) is 0 Å². The molecule has 104 valence electrons. The Labute approximate surface area is 133 Å². The second-order valence-electron chi connectivity index (χ2n) is 4.71. The summed E-state index contributed by atoms with van der Waals surface area (Å²) in [6.45, 7) is 2.95. The highest BCUT2D eigenvalue weighted by atomic mass is 127. The maximum absolute atomic E-state index is 4.52. The number of nitrogens with zero attached hydrogens (tertiary/aromatic N) is 3. The van der Waals surface area contributed by atoms with E-state index in [0.29, 0.717) is 12.6 Å². The minimum absolute atomic E-state index is 0. The molecule has 2 atom stereocenters. The van der Waals surface area contributed by atoms with Crippen LogP contribution in [0.25, 0.3) is 4.96 Å². The maximum Gasteiger partial charge on any atom is 0.193 e. The first-order valence-corrected chi connectivity index (χ1v) is 7.02. The number of thiazole rings is 1. The van der Waals surface area contributed by atoms with E-state index in [-0.39, 0.29) is 24.0 Å². The number of guanidine groups is 1. The summed E-state index contributed by atoms with van der Waals surface area (Å²) in [5.74, 6) is 1.63. The van der Waals surface area contributed by atoms with E-state index in [1.54, 1.807) is 18.4 Å². The van der Waals surface area contributed by atoms with Crippen LogP contribution in [0.2, 0.25) is 0 Å². The number of imidazole rings is 1. The Balaban J connectivity index is 0.00000133. The van der Waals surface area contributed by atoms with Crippen LogP contribution in [-0.2, 0) is 6.54 Å². The van der Waals surface area contributed by atoms with Gasteiger partial charge in [-0.05, 0) is 12.3 Å². The van der Waals surface area contributed by atoms with Crippen molar-refractivity contribution in [3.05, 3.63) is 23.5 Å². The summed E-state index contributed by atoms with van der Waals surface area (Å²) in [5.41, 5.74) is 1.04. The Morgan fingerprint density at radius 3 is 3.05 bits per heavy atom. The largest absolute Gasteiger partial charge is 0.353 e. The van der Waals surface area contributed by atoms with Crippen molar-refractivity contribution < 1.29 is 0 Å². The van der Waals surface area contributed by atoms with E-state index in [2.05, 4.69) is 27.5 Å². The Bertz CT molecular complexity index is 547. The molecule has 19 heavy (non-hydrogen) atoms. The van der Waals surface area contributed by atoms with Crippen LogP contribution in [0.5, 0.6) is 0 Å². The number of nitrogens with one attached hydrogen (secondary N) is 2. The fraction of sp³-hybridized carbons (Fsp3) is 0.500. The lowest BCUT2D eigenvalue weighted by Crippen LogP contribution is -2.38. The second kappa shape index (κ2) is 6.08. The number of rotatable bonds is 3. The number of hydrogen-bond acceptors (Lipinski definition) is 3. The molecule has 1 aliphatic rings. The topological polar surface area (TPSA) is 53.7 Å². The molecular formula is C12H18IN5S. The molecule has 1 aliphatic carbocycles.